The second kappa shape index (κ2) is 8.28. The van der Waals surface area contributed by atoms with Crippen LogP contribution in [0.25, 0.3) is 0 Å². The number of rotatable bonds is 5. The van der Waals surface area contributed by atoms with Gasteiger partial charge in [-0.25, -0.2) is 4.39 Å². The Bertz CT molecular complexity index is 580. The van der Waals surface area contributed by atoms with Crippen LogP contribution in [0.15, 0.2) is 42.7 Å². The summed E-state index contributed by atoms with van der Waals surface area (Å²) < 4.78 is 56.4. The fourth-order valence-electron chi connectivity index (χ4n) is 1.73. The van der Waals surface area contributed by atoms with Gasteiger partial charge in [0.1, 0.15) is 5.82 Å². The van der Waals surface area contributed by atoms with Gasteiger partial charge in [0.2, 0.25) is 0 Å². The Balaban J connectivity index is 0.00000220. The second-order valence-electron chi connectivity index (χ2n) is 4.22. The predicted molar refractivity (Wildman–Crippen MR) is 68.5 cm³/mol. The first-order chi connectivity index (χ1) is 9.47. The molecule has 0 spiro atoms. The molecular formula is C13H11BF4KNO. The molecule has 1 heterocycles. The minimum atomic E-state index is -5.31. The molecule has 0 unspecified atom stereocenters. The van der Waals surface area contributed by atoms with Crippen molar-refractivity contribution in [3.8, 4) is 5.75 Å². The average Bonchev–Trinajstić information content (AvgIpc) is 2.40. The van der Waals surface area contributed by atoms with Gasteiger partial charge < -0.3 is 17.7 Å². The van der Waals surface area contributed by atoms with Crippen molar-refractivity contribution >= 4 is 12.4 Å². The summed E-state index contributed by atoms with van der Waals surface area (Å²) in [7, 11) is 0. The molecule has 2 aromatic rings. The van der Waals surface area contributed by atoms with E-state index in [9.17, 15) is 17.3 Å². The summed E-state index contributed by atoms with van der Waals surface area (Å²) in [5, 5.41) is 0. The summed E-state index contributed by atoms with van der Waals surface area (Å²) in [5.41, 5.74) is -0.190. The molecule has 0 aliphatic rings. The molecule has 0 saturated heterocycles. The number of hydrogen-bond donors (Lipinski definition) is 0. The molecule has 0 atom stereocenters. The number of nitrogens with zero attached hydrogens (tertiary/aromatic N) is 1. The van der Waals surface area contributed by atoms with E-state index >= 15 is 0 Å². The largest absolute Gasteiger partial charge is 1.00 e. The monoisotopic (exact) mass is 323 g/mol. The molecule has 0 aliphatic heterocycles. The van der Waals surface area contributed by atoms with E-state index in [1.807, 2.05) is 0 Å². The summed E-state index contributed by atoms with van der Waals surface area (Å²) in [6, 6.07) is 5.94. The third-order valence-electron chi connectivity index (χ3n) is 2.70. The third-order valence-corrected chi connectivity index (χ3v) is 2.70. The molecule has 0 saturated carbocycles. The van der Waals surface area contributed by atoms with Crippen molar-refractivity contribution in [3.05, 3.63) is 54.1 Å². The Morgan fingerprint density at radius 3 is 2.52 bits per heavy atom. The minimum Gasteiger partial charge on any atom is -0.496 e. The van der Waals surface area contributed by atoms with Crippen LogP contribution in [0.2, 0.25) is 0 Å². The zero-order valence-electron chi connectivity index (χ0n) is 11.4. The molecule has 0 aliphatic carbocycles. The van der Waals surface area contributed by atoms with E-state index in [-0.39, 0.29) is 63.7 Å². The van der Waals surface area contributed by atoms with Gasteiger partial charge >= 0.3 is 58.4 Å². The molecule has 2 rings (SSSR count). The van der Waals surface area contributed by atoms with E-state index in [1.54, 1.807) is 24.5 Å². The molecule has 1 aromatic carbocycles. The maximum absolute atomic E-state index is 12.9. The molecule has 0 radical (unpaired) electrons. The molecule has 0 bridgehead atoms. The average molecular weight is 323 g/mol. The number of halogens is 4. The first-order valence-electron chi connectivity index (χ1n) is 5.98. The van der Waals surface area contributed by atoms with Crippen molar-refractivity contribution < 1.29 is 73.5 Å². The molecule has 21 heavy (non-hydrogen) atoms. The standard InChI is InChI=1S/C13H11BF4NO.K/c15-11-3-4-13(12(8-11)14(16,17)18)20-7-5-10-2-1-6-19-9-10;/h1-4,6,8-9H,5,7H2;/q-1;+1. The van der Waals surface area contributed by atoms with E-state index in [0.29, 0.717) is 12.5 Å². The smallest absolute Gasteiger partial charge is 0.496 e. The summed E-state index contributed by atoms with van der Waals surface area (Å²) in [5.74, 6) is -1.28. The van der Waals surface area contributed by atoms with Crippen molar-refractivity contribution in [1.29, 1.82) is 0 Å². The number of hydrogen-bond acceptors (Lipinski definition) is 2. The Kier molecular flexibility index (Phi) is 7.35. The fraction of sp³-hybridized carbons (Fsp3) is 0.154. The van der Waals surface area contributed by atoms with Crippen LogP contribution in [-0.2, 0) is 6.42 Å². The first-order valence-corrected chi connectivity index (χ1v) is 5.98. The Hall–Kier alpha value is -0.409. The van der Waals surface area contributed by atoms with Crippen LogP contribution < -0.4 is 61.6 Å². The molecule has 106 valence electrons. The van der Waals surface area contributed by atoms with Crippen molar-refractivity contribution in [2.45, 2.75) is 6.42 Å². The number of benzene rings is 1. The third kappa shape index (κ3) is 5.71. The Labute approximate surface area is 162 Å². The summed E-state index contributed by atoms with van der Waals surface area (Å²) >= 11 is 0. The van der Waals surface area contributed by atoms with Gasteiger partial charge in [0.15, 0.2) is 0 Å². The van der Waals surface area contributed by atoms with E-state index in [1.165, 1.54) is 0 Å². The van der Waals surface area contributed by atoms with Gasteiger partial charge in [0.25, 0.3) is 0 Å². The van der Waals surface area contributed by atoms with Gasteiger partial charge in [0.05, 0.1) is 12.4 Å². The van der Waals surface area contributed by atoms with Crippen molar-refractivity contribution in [2.75, 3.05) is 6.61 Å². The van der Waals surface area contributed by atoms with Gasteiger partial charge in [0, 0.05) is 18.8 Å². The summed E-state index contributed by atoms with van der Waals surface area (Å²) in [6.45, 7) is -5.24. The fourth-order valence-corrected chi connectivity index (χ4v) is 1.73. The van der Waals surface area contributed by atoms with Crippen molar-refractivity contribution in [2.24, 2.45) is 0 Å². The minimum absolute atomic E-state index is 0. The van der Waals surface area contributed by atoms with Crippen LogP contribution >= 0.6 is 0 Å². The number of pyridine rings is 1. The SMILES string of the molecule is Fc1ccc(OCCc2cccnc2)c([B-](F)(F)F)c1.[K+]. The predicted octanol–water partition coefficient (Wildman–Crippen LogP) is -0.0994. The molecule has 1 aromatic heterocycles. The van der Waals surface area contributed by atoms with E-state index in [0.717, 1.165) is 17.7 Å². The van der Waals surface area contributed by atoms with Crippen LogP contribution in [0.4, 0.5) is 17.3 Å². The van der Waals surface area contributed by atoms with Crippen LogP contribution in [0, 0.1) is 5.82 Å². The quantitative estimate of drug-likeness (QED) is 0.566. The van der Waals surface area contributed by atoms with Gasteiger partial charge in [-0.3, -0.25) is 4.98 Å². The molecule has 2 nitrogen and oxygen atoms in total. The summed E-state index contributed by atoms with van der Waals surface area (Å²) in [6.07, 6.45) is 3.65. The normalized spacial score (nSPS) is 10.9. The Morgan fingerprint density at radius 1 is 1.14 bits per heavy atom. The van der Waals surface area contributed by atoms with Crippen LogP contribution in [-0.4, -0.2) is 18.6 Å². The maximum atomic E-state index is 12.9. The molecule has 0 N–H and O–H groups in total. The van der Waals surface area contributed by atoms with E-state index in [2.05, 4.69) is 4.98 Å². The second-order valence-corrected chi connectivity index (χ2v) is 4.22. The van der Waals surface area contributed by atoms with Gasteiger partial charge in [-0.05, 0) is 29.8 Å². The van der Waals surface area contributed by atoms with E-state index < -0.39 is 18.3 Å². The maximum Gasteiger partial charge on any atom is 1.00 e. The van der Waals surface area contributed by atoms with Crippen LogP contribution in [0.1, 0.15) is 5.56 Å². The van der Waals surface area contributed by atoms with E-state index in [4.69, 9.17) is 4.74 Å². The molecule has 0 fully saturated rings. The van der Waals surface area contributed by atoms with Gasteiger partial charge in [-0.1, -0.05) is 11.5 Å². The molecular weight excluding hydrogens is 312 g/mol. The summed E-state index contributed by atoms with van der Waals surface area (Å²) in [4.78, 5) is 3.90. The van der Waals surface area contributed by atoms with Crippen molar-refractivity contribution in [3.63, 3.8) is 0 Å². The van der Waals surface area contributed by atoms with Gasteiger partial charge in [-0.2, -0.15) is 0 Å². The first kappa shape index (κ1) is 18.6. The topological polar surface area (TPSA) is 22.1 Å². The van der Waals surface area contributed by atoms with Crippen molar-refractivity contribution in [1.82, 2.24) is 4.98 Å². The number of aromatic nitrogens is 1. The van der Waals surface area contributed by atoms with Crippen LogP contribution in [0.5, 0.6) is 5.75 Å². The van der Waals surface area contributed by atoms with Crippen LogP contribution in [0.3, 0.4) is 0 Å². The zero-order chi connectivity index (χ0) is 14.6. The Morgan fingerprint density at radius 2 is 1.90 bits per heavy atom. The number of ether oxygens (including phenoxy) is 1. The molecule has 8 heteroatoms. The molecule has 0 amide bonds. The zero-order valence-corrected chi connectivity index (χ0v) is 14.5. The van der Waals surface area contributed by atoms with Gasteiger partial charge in [-0.15, -0.1) is 0 Å².